The summed E-state index contributed by atoms with van der Waals surface area (Å²) in [6.07, 6.45) is 0. The van der Waals surface area contributed by atoms with Crippen molar-refractivity contribution in [1.82, 2.24) is 9.97 Å². The summed E-state index contributed by atoms with van der Waals surface area (Å²) in [5.74, 6) is -0.633. The van der Waals surface area contributed by atoms with E-state index in [0.29, 0.717) is 22.4 Å². The first-order valence-corrected chi connectivity index (χ1v) is 7.41. The number of fused-ring (bicyclic) bond motifs is 1. The zero-order chi connectivity index (χ0) is 16.5. The average Bonchev–Trinajstić information content (AvgIpc) is 2.62. The number of halogens is 2. The molecule has 0 bridgehead atoms. The van der Waals surface area contributed by atoms with Crippen molar-refractivity contribution in [2.24, 2.45) is 0 Å². The van der Waals surface area contributed by atoms with Crippen LogP contribution in [0.4, 0.5) is 8.78 Å². The predicted molar refractivity (Wildman–Crippen MR) is 89.2 cm³/mol. The van der Waals surface area contributed by atoms with Gasteiger partial charge in [0.05, 0.1) is 11.4 Å². The predicted octanol–water partition coefficient (Wildman–Crippen LogP) is 5.04. The number of hydrogen-bond acceptors (Lipinski definition) is 2. The minimum absolute atomic E-state index is 0. The quantitative estimate of drug-likeness (QED) is 0.354. The Hall–Kier alpha value is -2.49. The van der Waals surface area contributed by atoms with Crippen molar-refractivity contribution in [3.05, 3.63) is 84.4 Å². The van der Waals surface area contributed by atoms with Gasteiger partial charge in [-0.15, -0.1) is 6.07 Å². The molecule has 0 aliphatic heterocycles. The molecular weight excluding hydrogens is 498 g/mol. The second kappa shape index (κ2) is 7.18. The number of nitrogens with zero attached hydrogens (tertiary/aromatic N) is 2. The fourth-order valence-electron chi connectivity index (χ4n) is 2.56. The standard InChI is InChI=1S/C20H11F2N2.Ir/c21-15-9-5-13(6-10-15)19-20(14-7-11-16(22)12-8-14)24-18-4-2-1-3-17(18)23-19;/h1-3,5-12H;/q-1;. The maximum Gasteiger partial charge on any atom is 0.123 e. The average molecular weight is 510 g/mol. The normalized spacial score (nSPS) is 10.5. The van der Waals surface area contributed by atoms with Crippen molar-refractivity contribution in [2.45, 2.75) is 0 Å². The molecule has 0 aliphatic rings. The van der Waals surface area contributed by atoms with Gasteiger partial charge in [0.2, 0.25) is 0 Å². The Morgan fingerprint density at radius 2 is 1.20 bits per heavy atom. The van der Waals surface area contributed by atoms with Gasteiger partial charge >= 0.3 is 0 Å². The number of aromatic nitrogens is 2. The van der Waals surface area contributed by atoms with Crippen molar-refractivity contribution in [1.29, 1.82) is 0 Å². The molecule has 0 aliphatic carbocycles. The zero-order valence-electron chi connectivity index (χ0n) is 12.8. The van der Waals surface area contributed by atoms with Crippen LogP contribution in [0.15, 0.2) is 66.7 Å². The van der Waals surface area contributed by atoms with Crippen LogP contribution in [-0.2, 0) is 20.1 Å². The van der Waals surface area contributed by atoms with Gasteiger partial charge in [-0.25, -0.2) is 8.78 Å². The fraction of sp³-hybridized carbons (Fsp3) is 0. The molecule has 0 saturated carbocycles. The first-order chi connectivity index (χ1) is 11.7. The molecule has 0 unspecified atom stereocenters. The van der Waals surface area contributed by atoms with Gasteiger partial charge < -0.3 is 4.98 Å². The van der Waals surface area contributed by atoms with E-state index in [1.807, 2.05) is 12.1 Å². The van der Waals surface area contributed by atoms with Gasteiger partial charge in [0.1, 0.15) is 11.6 Å². The molecule has 0 atom stereocenters. The first kappa shape index (κ1) is 17.3. The molecule has 0 amide bonds. The molecule has 0 saturated heterocycles. The number of hydrogen-bond donors (Lipinski definition) is 0. The van der Waals surface area contributed by atoms with E-state index in [9.17, 15) is 8.78 Å². The van der Waals surface area contributed by atoms with Gasteiger partial charge in [-0.1, -0.05) is 0 Å². The van der Waals surface area contributed by atoms with E-state index in [1.54, 1.807) is 30.3 Å². The Balaban J connectivity index is 0.00000182. The molecule has 125 valence electrons. The third-order valence-electron chi connectivity index (χ3n) is 3.73. The molecule has 3 aromatic carbocycles. The second-order valence-electron chi connectivity index (χ2n) is 5.34. The van der Waals surface area contributed by atoms with Crippen LogP contribution in [0, 0.1) is 17.7 Å². The van der Waals surface area contributed by atoms with Crippen LogP contribution in [-0.4, -0.2) is 9.97 Å². The minimum Gasteiger partial charge on any atom is -0.308 e. The van der Waals surface area contributed by atoms with Crippen LogP contribution in [0.1, 0.15) is 0 Å². The van der Waals surface area contributed by atoms with E-state index in [4.69, 9.17) is 0 Å². The molecule has 0 fully saturated rings. The fourth-order valence-corrected chi connectivity index (χ4v) is 2.56. The van der Waals surface area contributed by atoms with Gasteiger partial charge in [0.25, 0.3) is 0 Å². The van der Waals surface area contributed by atoms with E-state index < -0.39 is 0 Å². The molecule has 1 radical (unpaired) electrons. The van der Waals surface area contributed by atoms with Crippen LogP contribution in [0.2, 0.25) is 0 Å². The molecule has 4 aromatic rings. The molecular formula is C20H11F2IrN2-. The Bertz CT molecular complexity index is 932. The third-order valence-corrected chi connectivity index (χ3v) is 3.73. The molecule has 0 N–H and O–H groups in total. The summed E-state index contributed by atoms with van der Waals surface area (Å²) in [7, 11) is 0. The van der Waals surface area contributed by atoms with Crippen LogP contribution in [0.25, 0.3) is 33.5 Å². The SMILES string of the molecule is Fc1ccc(-c2nc3[c-]cccc3nc2-c2ccc(F)cc2)cc1.[Ir]. The van der Waals surface area contributed by atoms with E-state index in [-0.39, 0.29) is 31.7 Å². The molecule has 5 heteroatoms. The van der Waals surface area contributed by atoms with Gasteiger partial charge in [-0.2, -0.15) is 18.2 Å². The van der Waals surface area contributed by atoms with E-state index in [0.717, 1.165) is 11.1 Å². The Labute approximate surface area is 156 Å². The Morgan fingerprint density at radius 1 is 0.680 bits per heavy atom. The van der Waals surface area contributed by atoms with Gasteiger partial charge in [0.15, 0.2) is 0 Å². The smallest absolute Gasteiger partial charge is 0.123 e. The first-order valence-electron chi connectivity index (χ1n) is 7.41. The third kappa shape index (κ3) is 3.48. The van der Waals surface area contributed by atoms with Crippen molar-refractivity contribution in [3.63, 3.8) is 0 Å². The molecule has 2 nitrogen and oxygen atoms in total. The van der Waals surface area contributed by atoms with E-state index >= 15 is 0 Å². The Morgan fingerprint density at radius 3 is 1.76 bits per heavy atom. The summed E-state index contributed by atoms with van der Waals surface area (Å²) >= 11 is 0. The maximum absolute atomic E-state index is 13.2. The number of benzene rings is 3. The number of para-hydroxylation sites is 1. The van der Waals surface area contributed by atoms with Crippen LogP contribution in [0.3, 0.4) is 0 Å². The summed E-state index contributed by atoms with van der Waals surface area (Å²) in [6, 6.07) is 20.6. The van der Waals surface area contributed by atoms with Crippen molar-refractivity contribution in [2.75, 3.05) is 0 Å². The Kier molecular flexibility index (Phi) is 4.98. The molecule has 0 spiro atoms. The second-order valence-corrected chi connectivity index (χ2v) is 5.34. The zero-order valence-corrected chi connectivity index (χ0v) is 15.2. The summed E-state index contributed by atoms with van der Waals surface area (Å²) < 4.78 is 26.5. The van der Waals surface area contributed by atoms with E-state index in [2.05, 4.69) is 16.0 Å². The molecule has 1 aromatic heterocycles. The number of rotatable bonds is 2. The van der Waals surface area contributed by atoms with Gasteiger partial charge in [0, 0.05) is 31.2 Å². The summed E-state index contributed by atoms with van der Waals surface area (Å²) in [6.45, 7) is 0. The largest absolute Gasteiger partial charge is 0.308 e. The maximum atomic E-state index is 13.2. The topological polar surface area (TPSA) is 25.8 Å². The van der Waals surface area contributed by atoms with E-state index in [1.165, 1.54) is 24.3 Å². The van der Waals surface area contributed by atoms with Crippen molar-refractivity contribution in [3.8, 4) is 22.5 Å². The minimum atomic E-state index is -0.317. The molecule has 1 heterocycles. The monoisotopic (exact) mass is 510 g/mol. The summed E-state index contributed by atoms with van der Waals surface area (Å²) in [5, 5.41) is 0. The van der Waals surface area contributed by atoms with Gasteiger partial charge in [-0.05, 0) is 59.6 Å². The molecule has 4 rings (SSSR count). The summed E-state index contributed by atoms with van der Waals surface area (Å²) in [5.41, 5.74) is 4.03. The van der Waals surface area contributed by atoms with Gasteiger partial charge in [-0.3, -0.25) is 4.98 Å². The molecule has 25 heavy (non-hydrogen) atoms. The van der Waals surface area contributed by atoms with Crippen LogP contribution >= 0.6 is 0 Å². The van der Waals surface area contributed by atoms with Crippen LogP contribution in [0.5, 0.6) is 0 Å². The summed E-state index contributed by atoms with van der Waals surface area (Å²) in [4.78, 5) is 9.30. The van der Waals surface area contributed by atoms with Crippen molar-refractivity contribution < 1.29 is 28.9 Å². The van der Waals surface area contributed by atoms with Crippen LogP contribution < -0.4 is 0 Å². The van der Waals surface area contributed by atoms with Crippen molar-refractivity contribution >= 4 is 11.0 Å².